The van der Waals surface area contributed by atoms with Gasteiger partial charge in [-0.15, -0.1) is 11.3 Å². The van der Waals surface area contributed by atoms with Crippen LogP contribution in [0.5, 0.6) is 0 Å². The van der Waals surface area contributed by atoms with Gasteiger partial charge in [-0.05, 0) is 24.8 Å². The second-order valence-electron chi connectivity index (χ2n) is 4.92. The average molecular weight is 274 g/mol. The molecule has 0 radical (unpaired) electrons. The van der Waals surface area contributed by atoms with Crippen LogP contribution in [0.1, 0.15) is 35.0 Å². The number of methoxy groups -OCH3 is 1. The largest absolute Gasteiger partial charge is 0.380 e. The van der Waals surface area contributed by atoms with Crippen LogP contribution < -0.4 is 5.73 Å². The van der Waals surface area contributed by atoms with Gasteiger partial charge in [-0.1, -0.05) is 24.3 Å². The molecule has 4 heteroatoms. The predicted molar refractivity (Wildman–Crippen MR) is 78.1 cm³/mol. The Bertz CT molecular complexity index is 579. The molecule has 100 valence electrons. The van der Waals surface area contributed by atoms with Crippen molar-refractivity contribution in [1.29, 1.82) is 0 Å². The molecule has 3 nitrogen and oxygen atoms in total. The summed E-state index contributed by atoms with van der Waals surface area (Å²) in [5.74, 6) is 0. The smallest absolute Gasteiger partial charge is 0.124 e. The number of thiazole rings is 1. The second-order valence-corrected chi connectivity index (χ2v) is 5.95. The molecule has 2 N–H and O–H groups in total. The molecule has 0 bridgehead atoms. The van der Waals surface area contributed by atoms with Crippen LogP contribution in [0.25, 0.3) is 10.6 Å². The molecule has 0 saturated carbocycles. The molecule has 0 aliphatic heterocycles. The zero-order valence-corrected chi connectivity index (χ0v) is 11.9. The number of aromatic nitrogens is 1. The molecule has 0 spiro atoms. The van der Waals surface area contributed by atoms with Crippen molar-refractivity contribution in [2.75, 3.05) is 7.11 Å². The van der Waals surface area contributed by atoms with E-state index in [1.165, 1.54) is 21.7 Å². The van der Waals surface area contributed by atoms with Gasteiger partial charge in [-0.3, -0.25) is 0 Å². The number of rotatable bonds is 3. The van der Waals surface area contributed by atoms with Gasteiger partial charge < -0.3 is 10.5 Å². The van der Waals surface area contributed by atoms with Gasteiger partial charge in [-0.25, -0.2) is 4.98 Å². The lowest BCUT2D eigenvalue weighted by Crippen LogP contribution is -2.15. The zero-order chi connectivity index (χ0) is 13.2. The summed E-state index contributed by atoms with van der Waals surface area (Å²) in [6.45, 7) is 0.618. The Morgan fingerprint density at radius 3 is 3.05 bits per heavy atom. The maximum atomic E-state index is 6.18. The van der Waals surface area contributed by atoms with Crippen molar-refractivity contribution in [1.82, 2.24) is 4.98 Å². The molecule has 0 amide bonds. The number of nitrogens with zero attached hydrogens (tertiary/aromatic N) is 1. The van der Waals surface area contributed by atoms with Crippen molar-refractivity contribution in [3.05, 3.63) is 40.4 Å². The maximum absolute atomic E-state index is 6.18. The van der Waals surface area contributed by atoms with Crippen LogP contribution >= 0.6 is 11.3 Å². The standard InChI is InChI=1S/C15H18N2OS/c1-18-9-10-5-2-3-6-11(10)15-17-13-8-4-7-12(16)14(13)19-15/h2-3,5-6,12H,4,7-9,16H2,1H3. The molecule has 2 aromatic rings. The molecule has 1 atom stereocenters. The minimum absolute atomic E-state index is 0.171. The fraction of sp³-hybridized carbons (Fsp3) is 0.400. The summed E-state index contributed by atoms with van der Waals surface area (Å²) in [5.41, 5.74) is 9.74. The normalized spacial score (nSPS) is 18.3. The molecular formula is C15H18N2OS. The van der Waals surface area contributed by atoms with E-state index in [4.69, 9.17) is 15.5 Å². The van der Waals surface area contributed by atoms with Gasteiger partial charge in [0.25, 0.3) is 0 Å². The summed E-state index contributed by atoms with van der Waals surface area (Å²) in [7, 11) is 1.72. The highest BCUT2D eigenvalue weighted by Gasteiger charge is 2.22. The lowest BCUT2D eigenvalue weighted by molar-refractivity contribution is 0.185. The van der Waals surface area contributed by atoms with Gasteiger partial charge in [0.1, 0.15) is 5.01 Å². The van der Waals surface area contributed by atoms with E-state index in [1.807, 2.05) is 6.07 Å². The second kappa shape index (κ2) is 5.41. The minimum atomic E-state index is 0.171. The van der Waals surface area contributed by atoms with Crippen LogP contribution in [0.4, 0.5) is 0 Å². The van der Waals surface area contributed by atoms with E-state index in [2.05, 4.69) is 18.2 Å². The Labute approximate surface area is 117 Å². The molecule has 0 fully saturated rings. The fourth-order valence-electron chi connectivity index (χ4n) is 2.58. The molecule has 0 saturated heterocycles. The molecule has 19 heavy (non-hydrogen) atoms. The van der Waals surface area contributed by atoms with Crippen molar-refractivity contribution in [2.24, 2.45) is 5.73 Å². The summed E-state index contributed by atoms with van der Waals surface area (Å²) >= 11 is 1.74. The highest BCUT2D eigenvalue weighted by atomic mass is 32.1. The minimum Gasteiger partial charge on any atom is -0.380 e. The monoisotopic (exact) mass is 274 g/mol. The molecule has 1 unspecified atom stereocenters. The third-order valence-corrected chi connectivity index (χ3v) is 4.80. The predicted octanol–water partition coefficient (Wildman–Crippen LogP) is 3.29. The van der Waals surface area contributed by atoms with Gasteiger partial charge in [0.05, 0.1) is 12.3 Å². The molecule has 3 rings (SSSR count). The average Bonchev–Trinajstić information content (AvgIpc) is 2.85. The summed E-state index contributed by atoms with van der Waals surface area (Å²) in [4.78, 5) is 6.07. The first kappa shape index (κ1) is 12.8. The molecule has 1 aliphatic rings. The number of ether oxygens (including phenoxy) is 1. The lowest BCUT2D eigenvalue weighted by Gasteiger charge is -2.15. The highest BCUT2D eigenvalue weighted by Crippen LogP contribution is 2.37. The summed E-state index contributed by atoms with van der Waals surface area (Å²) < 4.78 is 5.27. The number of fused-ring (bicyclic) bond motifs is 1. The molecule has 1 aromatic carbocycles. The zero-order valence-electron chi connectivity index (χ0n) is 11.1. The summed E-state index contributed by atoms with van der Waals surface area (Å²) in [5, 5.41) is 1.08. The fourth-order valence-corrected chi connectivity index (χ4v) is 3.79. The molecule has 1 aliphatic carbocycles. The third kappa shape index (κ3) is 2.43. The van der Waals surface area contributed by atoms with Gasteiger partial charge in [0.15, 0.2) is 0 Å². The van der Waals surface area contributed by atoms with E-state index in [0.29, 0.717) is 6.61 Å². The number of hydrogen-bond donors (Lipinski definition) is 1. The van der Waals surface area contributed by atoms with Crippen LogP contribution in [0, 0.1) is 0 Å². The quantitative estimate of drug-likeness (QED) is 0.934. The number of benzene rings is 1. The molecule has 1 heterocycles. The van der Waals surface area contributed by atoms with E-state index >= 15 is 0 Å². The number of hydrogen-bond acceptors (Lipinski definition) is 4. The first-order valence-electron chi connectivity index (χ1n) is 6.62. The Morgan fingerprint density at radius 2 is 2.26 bits per heavy atom. The Hall–Kier alpha value is -1.23. The maximum Gasteiger partial charge on any atom is 0.124 e. The van der Waals surface area contributed by atoms with E-state index < -0.39 is 0 Å². The van der Waals surface area contributed by atoms with Crippen LogP contribution in [0.3, 0.4) is 0 Å². The van der Waals surface area contributed by atoms with Crippen molar-refractivity contribution in [3.8, 4) is 10.6 Å². The Balaban J connectivity index is 2.03. The topological polar surface area (TPSA) is 48.1 Å². The van der Waals surface area contributed by atoms with Crippen LogP contribution in [0.15, 0.2) is 24.3 Å². The van der Waals surface area contributed by atoms with Gasteiger partial charge in [-0.2, -0.15) is 0 Å². The molecular weight excluding hydrogens is 256 g/mol. The molecule has 1 aromatic heterocycles. The van der Waals surface area contributed by atoms with Crippen molar-refractivity contribution >= 4 is 11.3 Å². The van der Waals surface area contributed by atoms with Crippen molar-refractivity contribution < 1.29 is 4.74 Å². The lowest BCUT2D eigenvalue weighted by atomic mass is 9.99. The van der Waals surface area contributed by atoms with E-state index in [-0.39, 0.29) is 6.04 Å². The van der Waals surface area contributed by atoms with Crippen LogP contribution in [0.2, 0.25) is 0 Å². The Kier molecular flexibility index (Phi) is 3.64. The van der Waals surface area contributed by atoms with Gasteiger partial charge in [0, 0.05) is 23.6 Å². The van der Waals surface area contributed by atoms with E-state index in [1.54, 1.807) is 18.4 Å². The van der Waals surface area contributed by atoms with Crippen molar-refractivity contribution in [3.63, 3.8) is 0 Å². The van der Waals surface area contributed by atoms with Crippen LogP contribution in [-0.4, -0.2) is 12.1 Å². The SMILES string of the molecule is COCc1ccccc1-c1nc2c(s1)C(N)CCC2. The van der Waals surface area contributed by atoms with Crippen LogP contribution in [-0.2, 0) is 17.8 Å². The third-order valence-electron chi connectivity index (χ3n) is 3.54. The van der Waals surface area contributed by atoms with Crippen molar-refractivity contribution in [2.45, 2.75) is 31.9 Å². The highest BCUT2D eigenvalue weighted by molar-refractivity contribution is 7.15. The number of aryl methyl sites for hydroxylation is 1. The number of nitrogens with two attached hydrogens (primary N) is 1. The van der Waals surface area contributed by atoms with E-state index in [0.717, 1.165) is 24.3 Å². The van der Waals surface area contributed by atoms with Gasteiger partial charge >= 0.3 is 0 Å². The first-order valence-corrected chi connectivity index (χ1v) is 7.43. The first-order chi connectivity index (χ1) is 9.29. The van der Waals surface area contributed by atoms with E-state index in [9.17, 15) is 0 Å². The summed E-state index contributed by atoms with van der Waals surface area (Å²) in [6.07, 6.45) is 3.29. The Morgan fingerprint density at radius 1 is 1.42 bits per heavy atom. The summed E-state index contributed by atoms with van der Waals surface area (Å²) in [6, 6.07) is 8.47. The van der Waals surface area contributed by atoms with Gasteiger partial charge in [0.2, 0.25) is 0 Å².